The van der Waals surface area contributed by atoms with Crippen molar-refractivity contribution in [2.45, 2.75) is 12.5 Å². The molecular formula is C13H18O3S. The van der Waals surface area contributed by atoms with Gasteiger partial charge in [-0.05, 0) is 35.8 Å². The van der Waals surface area contributed by atoms with Crippen LogP contribution in [0.3, 0.4) is 0 Å². The molecule has 1 saturated heterocycles. The van der Waals surface area contributed by atoms with Gasteiger partial charge in [0.1, 0.15) is 0 Å². The highest BCUT2D eigenvalue weighted by atomic mass is 32.2. The molecule has 0 aromatic heterocycles. The first-order valence-electron chi connectivity index (χ1n) is 5.71. The molecule has 1 aromatic carbocycles. The van der Waals surface area contributed by atoms with E-state index in [-0.39, 0.29) is 6.10 Å². The second-order valence-corrected chi connectivity index (χ2v) is 5.33. The standard InChI is InChI=1S/C13H18O3S/c1-15-12-4-3-9(6-13(12)16-2)5-10-7-17-8-11(10)14/h3-4,6,10-11,14H,5,7-8H2,1-2H3. The molecule has 0 bridgehead atoms. The Bertz CT molecular complexity index is 381. The van der Waals surface area contributed by atoms with E-state index in [1.165, 1.54) is 5.56 Å². The topological polar surface area (TPSA) is 38.7 Å². The first-order valence-corrected chi connectivity index (χ1v) is 6.86. The smallest absolute Gasteiger partial charge is 0.160 e. The van der Waals surface area contributed by atoms with Gasteiger partial charge in [-0.25, -0.2) is 0 Å². The van der Waals surface area contributed by atoms with E-state index in [1.54, 1.807) is 14.2 Å². The lowest BCUT2D eigenvalue weighted by atomic mass is 9.96. The molecule has 0 spiro atoms. The average molecular weight is 254 g/mol. The van der Waals surface area contributed by atoms with Gasteiger partial charge in [0.25, 0.3) is 0 Å². The van der Waals surface area contributed by atoms with Crippen LogP contribution in [0.25, 0.3) is 0 Å². The lowest BCUT2D eigenvalue weighted by molar-refractivity contribution is 0.150. The third-order valence-corrected chi connectivity index (χ3v) is 4.35. The molecule has 0 saturated carbocycles. The van der Waals surface area contributed by atoms with Gasteiger partial charge >= 0.3 is 0 Å². The van der Waals surface area contributed by atoms with E-state index in [0.717, 1.165) is 29.4 Å². The first kappa shape index (κ1) is 12.6. The number of rotatable bonds is 4. The van der Waals surface area contributed by atoms with Crippen molar-refractivity contribution in [1.29, 1.82) is 0 Å². The minimum Gasteiger partial charge on any atom is -0.493 e. The van der Waals surface area contributed by atoms with Crippen LogP contribution in [0, 0.1) is 5.92 Å². The van der Waals surface area contributed by atoms with Crippen LogP contribution in [0.15, 0.2) is 18.2 Å². The van der Waals surface area contributed by atoms with E-state index < -0.39 is 0 Å². The number of aliphatic hydroxyl groups excluding tert-OH is 1. The van der Waals surface area contributed by atoms with E-state index in [4.69, 9.17) is 9.47 Å². The quantitative estimate of drug-likeness (QED) is 0.891. The van der Waals surface area contributed by atoms with E-state index in [9.17, 15) is 5.11 Å². The summed E-state index contributed by atoms with van der Waals surface area (Å²) < 4.78 is 10.5. The molecule has 1 N–H and O–H groups in total. The SMILES string of the molecule is COc1ccc(CC2CSCC2O)cc1OC. The number of hydrogen-bond acceptors (Lipinski definition) is 4. The minimum atomic E-state index is -0.173. The summed E-state index contributed by atoms with van der Waals surface area (Å²) >= 11 is 1.82. The fraction of sp³-hybridized carbons (Fsp3) is 0.538. The minimum absolute atomic E-state index is 0.173. The van der Waals surface area contributed by atoms with Gasteiger partial charge in [-0.3, -0.25) is 0 Å². The van der Waals surface area contributed by atoms with Gasteiger partial charge in [-0.1, -0.05) is 6.07 Å². The summed E-state index contributed by atoms with van der Waals surface area (Å²) in [4.78, 5) is 0. The summed E-state index contributed by atoms with van der Waals surface area (Å²) in [6.45, 7) is 0. The van der Waals surface area contributed by atoms with Gasteiger partial charge in [0.15, 0.2) is 11.5 Å². The summed E-state index contributed by atoms with van der Waals surface area (Å²) in [7, 11) is 3.27. The second-order valence-electron chi connectivity index (χ2n) is 4.26. The van der Waals surface area contributed by atoms with Crippen molar-refractivity contribution >= 4 is 11.8 Å². The average Bonchev–Trinajstić information content (AvgIpc) is 2.75. The number of thioether (sulfide) groups is 1. The highest BCUT2D eigenvalue weighted by Crippen LogP contribution is 2.31. The van der Waals surface area contributed by atoms with Gasteiger partial charge in [0.2, 0.25) is 0 Å². The van der Waals surface area contributed by atoms with Gasteiger partial charge < -0.3 is 14.6 Å². The molecule has 2 rings (SSSR count). The van der Waals surface area contributed by atoms with Crippen LogP contribution in [0.2, 0.25) is 0 Å². The van der Waals surface area contributed by atoms with Crippen molar-refractivity contribution in [3.05, 3.63) is 23.8 Å². The van der Waals surface area contributed by atoms with Crippen molar-refractivity contribution in [2.75, 3.05) is 25.7 Å². The molecule has 17 heavy (non-hydrogen) atoms. The zero-order chi connectivity index (χ0) is 12.3. The maximum atomic E-state index is 9.80. The van der Waals surface area contributed by atoms with Crippen LogP contribution in [0.5, 0.6) is 11.5 Å². The predicted molar refractivity (Wildman–Crippen MR) is 70.1 cm³/mol. The van der Waals surface area contributed by atoms with Crippen LogP contribution in [0.4, 0.5) is 0 Å². The Labute approximate surface area is 106 Å². The zero-order valence-electron chi connectivity index (χ0n) is 10.2. The van der Waals surface area contributed by atoms with Gasteiger partial charge in [-0.15, -0.1) is 0 Å². The van der Waals surface area contributed by atoms with Crippen molar-refractivity contribution in [2.24, 2.45) is 5.92 Å². The molecule has 1 aromatic rings. The molecule has 1 aliphatic rings. The predicted octanol–water partition coefficient (Wildman–Crippen LogP) is 1.97. The van der Waals surface area contributed by atoms with Crippen LogP contribution in [0.1, 0.15) is 5.56 Å². The summed E-state index contributed by atoms with van der Waals surface area (Å²) in [5.74, 6) is 3.76. The Balaban J connectivity index is 2.10. The normalized spacial score (nSPS) is 23.7. The van der Waals surface area contributed by atoms with Gasteiger partial charge in [0.05, 0.1) is 20.3 Å². The molecule has 3 nitrogen and oxygen atoms in total. The lowest BCUT2D eigenvalue weighted by Gasteiger charge is -2.15. The molecule has 2 unspecified atom stereocenters. The molecule has 94 valence electrons. The molecule has 4 heteroatoms. The van der Waals surface area contributed by atoms with E-state index >= 15 is 0 Å². The fourth-order valence-corrected chi connectivity index (χ4v) is 3.39. The maximum Gasteiger partial charge on any atom is 0.160 e. The van der Waals surface area contributed by atoms with Crippen LogP contribution < -0.4 is 9.47 Å². The van der Waals surface area contributed by atoms with Gasteiger partial charge in [0, 0.05) is 5.75 Å². The molecule has 1 aliphatic heterocycles. The van der Waals surface area contributed by atoms with Crippen LogP contribution in [-0.4, -0.2) is 36.9 Å². The van der Waals surface area contributed by atoms with E-state index in [0.29, 0.717) is 5.92 Å². The molecule has 2 atom stereocenters. The van der Waals surface area contributed by atoms with E-state index in [1.807, 2.05) is 30.0 Å². The second kappa shape index (κ2) is 5.65. The monoisotopic (exact) mass is 254 g/mol. The molecule has 0 radical (unpaired) electrons. The number of ether oxygens (including phenoxy) is 2. The van der Waals surface area contributed by atoms with Crippen molar-refractivity contribution < 1.29 is 14.6 Å². The third kappa shape index (κ3) is 2.87. The summed E-state index contributed by atoms with van der Waals surface area (Å²) in [6.07, 6.45) is 0.724. The molecule has 1 fully saturated rings. The molecule has 1 heterocycles. The van der Waals surface area contributed by atoms with Crippen molar-refractivity contribution in [3.8, 4) is 11.5 Å². The summed E-state index contributed by atoms with van der Waals surface area (Å²) in [5.41, 5.74) is 1.19. The largest absolute Gasteiger partial charge is 0.493 e. The fourth-order valence-electron chi connectivity index (χ4n) is 2.09. The van der Waals surface area contributed by atoms with Gasteiger partial charge in [-0.2, -0.15) is 11.8 Å². The Kier molecular flexibility index (Phi) is 4.18. The maximum absolute atomic E-state index is 9.80. The summed E-state index contributed by atoms with van der Waals surface area (Å²) in [5, 5.41) is 9.80. The highest BCUT2D eigenvalue weighted by molar-refractivity contribution is 7.99. The van der Waals surface area contributed by atoms with E-state index in [2.05, 4.69) is 0 Å². The Hall–Kier alpha value is -0.870. The lowest BCUT2D eigenvalue weighted by Crippen LogP contribution is -2.19. The van der Waals surface area contributed by atoms with Crippen LogP contribution in [-0.2, 0) is 6.42 Å². The number of methoxy groups -OCH3 is 2. The number of hydrogen-bond donors (Lipinski definition) is 1. The Morgan fingerprint density at radius 3 is 2.59 bits per heavy atom. The third-order valence-electron chi connectivity index (χ3n) is 3.11. The van der Waals surface area contributed by atoms with Crippen molar-refractivity contribution in [3.63, 3.8) is 0 Å². The molecular weight excluding hydrogens is 236 g/mol. The van der Waals surface area contributed by atoms with Crippen LogP contribution >= 0.6 is 11.8 Å². The Morgan fingerprint density at radius 1 is 1.24 bits per heavy atom. The number of aliphatic hydroxyl groups is 1. The zero-order valence-corrected chi connectivity index (χ0v) is 11.0. The first-order chi connectivity index (χ1) is 8.24. The van der Waals surface area contributed by atoms with Crippen molar-refractivity contribution in [1.82, 2.24) is 0 Å². The summed E-state index contributed by atoms with van der Waals surface area (Å²) in [6, 6.07) is 5.95. The molecule has 0 amide bonds. The Morgan fingerprint density at radius 2 is 2.00 bits per heavy atom. The highest BCUT2D eigenvalue weighted by Gasteiger charge is 2.26. The molecule has 0 aliphatic carbocycles. The number of benzene rings is 1.